The summed E-state index contributed by atoms with van der Waals surface area (Å²) in [7, 11) is 0. The number of fused-ring (bicyclic) bond motifs is 1. The third-order valence-corrected chi connectivity index (χ3v) is 3.54. The van der Waals surface area contributed by atoms with Crippen molar-refractivity contribution in [2.75, 3.05) is 5.43 Å². The van der Waals surface area contributed by atoms with E-state index < -0.39 is 0 Å². The van der Waals surface area contributed by atoms with Crippen LogP contribution in [0, 0.1) is 6.92 Å². The van der Waals surface area contributed by atoms with E-state index in [4.69, 9.17) is 10.8 Å². The van der Waals surface area contributed by atoms with E-state index >= 15 is 0 Å². The number of hydrogen-bond acceptors (Lipinski definition) is 3. The number of nitrogens with zero attached hydrogens (tertiary/aromatic N) is 1. The Bertz CT molecular complexity index is 588. The molecular weight excluding hydrogens is 234 g/mol. The summed E-state index contributed by atoms with van der Waals surface area (Å²) >= 11 is 0. The van der Waals surface area contributed by atoms with E-state index in [1.54, 1.807) is 0 Å². The largest absolute Gasteiger partial charge is 0.323 e. The van der Waals surface area contributed by atoms with Gasteiger partial charge >= 0.3 is 0 Å². The van der Waals surface area contributed by atoms with Crippen molar-refractivity contribution in [1.82, 2.24) is 4.98 Å². The first-order chi connectivity index (χ1) is 9.08. The molecule has 0 spiro atoms. The van der Waals surface area contributed by atoms with E-state index in [0.29, 0.717) is 5.92 Å². The number of pyridine rings is 1. The van der Waals surface area contributed by atoms with Gasteiger partial charge in [-0.2, -0.15) is 0 Å². The minimum absolute atomic E-state index is 0.401. The second kappa shape index (κ2) is 5.57. The van der Waals surface area contributed by atoms with E-state index in [9.17, 15) is 0 Å². The number of hydrogen-bond donors (Lipinski definition) is 2. The SMILES string of the molecule is CCCc1ccc2nc(C)c(C(C)C)c(NN)c2c1. The van der Waals surface area contributed by atoms with Crippen LogP contribution in [0.3, 0.4) is 0 Å². The molecule has 0 radical (unpaired) electrons. The topological polar surface area (TPSA) is 50.9 Å². The molecule has 2 aromatic rings. The Labute approximate surface area is 115 Å². The molecular formula is C16H23N3. The highest BCUT2D eigenvalue weighted by molar-refractivity contribution is 5.94. The smallest absolute Gasteiger partial charge is 0.0726 e. The molecule has 1 aromatic heterocycles. The van der Waals surface area contributed by atoms with Crippen LogP contribution in [-0.4, -0.2) is 4.98 Å². The summed E-state index contributed by atoms with van der Waals surface area (Å²) in [6.45, 7) is 8.59. The highest BCUT2D eigenvalue weighted by Crippen LogP contribution is 2.33. The van der Waals surface area contributed by atoms with Crippen LogP contribution in [0.15, 0.2) is 18.2 Å². The Morgan fingerprint density at radius 1 is 1.32 bits per heavy atom. The molecule has 3 nitrogen and oxygen atoms in total. The molecule has 3 heteroatoms. The summed E-state index contributed by atoms with van der Waals surface area (Å²) in [5.74, 6) is 6.17. The quantitative estimate of drug-likeness (QED) is 0.645. The van der Waals surface area contributed by atoms with Gasteiger partial charge in [0.15, 0.2) is 0 Å². The highest BCUT2D eigenvalue weighted by Gasteiger charge is 2.14. The summed E-state index contributed by atoms with van der Waals surface area (Å²) in [4.78, 5) is 4.71. The normalized spacial score (nSPS) is 11.3. The van der Waals surface area contributed by atoms with Crippen LogP contribution in [0.25, 0.3) is 10.9 Å². The van der Waals surface area contributed by atoms with Crippen molar-refractivity contribution < 1.29 is 0 Å². The summed E-state index contributed by atoms with van der Waals surface area (Å²) in [5.41, 5.74) is 8.53. The fourth-order valence-corrected chi connectivity index (χ4v) is 2.75. The molecule has 0 saturated heterocycles. The third kappa shape index (κ3) is 2.56. The monoisotopic (exact) mass is 257 g/mol. The molecule has 2 rings (SSSR count). The molecule has 0 saturated carbocycles. The standard InChI is InChI=1S/C16H23N3/c1-5-6-12-7-8-14-13(9-12)16(19-17)15(10(2)3)11(4)18-14/h7-10H,5-6,17H2,1-4H3,(H,18,19). The van der Waals surface area contributed by atoms with E-state index in [-0.39, 0.29) is 0 Å². The molecule has 0 bridgehead atoms. The molecule has 0 fully saturated rings. The predicted molar refractivity (Wildman–Crippen MR) is 82.4 cm³/mol. The van der Waals surface area contributed by atoms with Gasteiger partial charge in [-0.1, -0.05) is 33.3 Å². The first-order valence-corrected chi connectivity index (χ1v) is 6.98. The fourth-order valence-electron chi connectivity index (χ4n) is 2.75. The van der Waals surface area contributed by atoms with E-state index in [1.807, 2.05) is 0 Å². The Hall–Kier alpha value is -1.61. The van der Waals surface area contributed by atoms with Gasteiger partial charge in [0.25, 0.3) is 0 Å². The van der Waals surface area contributed by atoms with Gasteiger partial charge in [-0.05, 0) is 37.0 Å². The zero-order valence-electron chi connectivity index (χ0n) is 12.2. The van der Waals surface area contributed by atoms with E-state index in [0.717, 1.165) is 35.1 Å². The lowest BCUT2D eigenvalue weighted by Crippen LogP contribution is -2.12. The van der Waals surface area contributed by atoms with Crippen molar-refractivity contribution in [2.45, 2.75) is 46.5 Å². The number of nitrogens with two attached hydrogens (primary N) is 1. The molecule has 102 valence electrons. The van der Waals surface area contributed by atoms with Crippen LogP contribution < -0.4 is 11.3 Å². The number of nitrogens with one attached hydrogen (secondary N) is 1. The van der Waals surface area contributed by atoms with Crippen molar-refractivity contribution in [3.8, 4) is 0 Å². The van der Waals surface area contributed by atoms with Gasteiger partial charge in [-0.25, -0.2) is 0 Å². The van der Waals surface area contributed by atoms with Crippen molar-refractivity contribution in [3.05, 3.63) is 35.0 Å². The number of aryl methyl sites for hydroxylation is 2. The lowest BCUT2D eigenvalue weighted by molar-refractivity contribution is 0.848. The van der Waals surface area contributed by atoms with Crippen molar-refractivity contribution in [3.63, 3.8) is 0 Å². The van der Waals surface area contributed by atoms with Gasteiger partial charge in [0, 0.05) is 16.6 Å². The third-order valence-electron chi connectivity index (χ3n) is 3.54. The molecule has 3 N–H and O–H groups in total. The van der Waals surface area contributed by atoms with Crippen LogP contribution in [0.2, 0.25) is 0 Å². The van der Waals surface area contributed by atoms with Gasteiger partial charge in [0.05, 0.1) is 11.2 Å². The molecule has 1 heterocycles. The van der Waals surface area contributed by atoms with Crippen molar-refractivity contribution in [1.29, 1.82) is 0 Å². The summed E-state index contributed by atoms with van der Waals surface area (Å²) in [6, 6.07) is 6.47. The molecule has 1 aromatic carbocycles. The number of anilines is 1. The van der Waals surface area contributed by atoms with Crippen molar-refractivity contribution >= 4 is 16.6 Å². The molecule has 19 heavy (non-hydrogen) atoms. The van der Waals surface area contributed by atoms with Crippen LogP contribution >= 0.6 is 0 Å². The Kier molecular flexibility index (Phi) is 4.05. The van der Waals surface area contributed by atoms with Crippen LogP contribution in [0.4, 0.5) is 5.69 Å². The summed E-state index contributed by atoms with van der Waals surface area (Å²) in [5, 5.41) is 1.13. The minimum atomic E-state index is 0.401. The van der Waals surface area contributed by atoms with Gasteiger partial charge in [-0.3, -0.25) is 10.8 Å². The first kappa shape index (κ1) is 13.8. The zero-order valence-corrected chi connectivity index (χ0v) is 12.2. The van der Waals surface area contributed by atoms with Gasteiger partial charge in [-0.15, -0.1) is 0 Å². The highest BCUT2D eigenvalue weighted by atomic mass is 15.2. The maximum atomic E-state index is 5.77. The summed E-state index contributed by atoms with van der Waals surface area (Å²) < 4.78 is 0. The fraction of sp³-hybridized carbons (Fsp3) is 0.438. The van der Waals surface area contributed by atoms with Crippen LogP contribution in [-0.2, 0) is 6.42 Å². The van der Waals surface area contributed by atoms with E-state index in [2.05, 4.69) is 51.3 Å². The molecule has 0 atom stereocenters. The number of nitrogen functional groups attached to an aromatic ring is 1. The molecule has 0 aliphatic heterocycles. The van der Waals surface area contributed by atoms with Gasteiger partial charge in [0.1, 0.15) is 0 Å². The zero-order chi connectivity index (χ0) is 14.0. The Morgan fingerprint density at radius 2 is 2.05 bits per heavy atom. The summed E-state index contributed by atoms with van der Waals surface area (Å²) in [6.07, 6.45) is 2.23. The van der Waals surface area contributed by atoms with E-state index in [1.165, 1.54) is 11.1 Å². The molecule has 0 unspecified atom stereocenters. The number of rotatable bonds is 4. The maximum absolute atomic E-state index is 5.77. The van der Waals surface area contributed by atoms with Crippen LogP contribution in [0.1, 0.15) is 49.9 Å². The average Bonchev–Trinajstić information content (AvgIpc) is 2.37. The molecule has 0 aliphatic rings. The number of aromatic nitrogens is 1. The predicted octanol–water partition coefficient (Wildman–Crippen LogP) is 3.90. The Morgan fingerprint density at radius 3 is 2.63 bits per heavy atom. The lowest BCUT2D eigenvalue weighted by atomic mass is 9.95. The molecule has 0 aliphatic carbocycles. The average molecular weight is 257 g/mol. The first-order valence-electron chi connectivity index (χ1n) is 6.98. The number of benzene rings is 1. The maximum Gasteiger partial charge on any atom is 0.0726 e. The van der Waals surface area contributed by atoms with Crippen molar-refractivity contribution in [2.24, 2.45) is 5.84 Å². The van der Waals surface area contributed by atoms with Crippen LogP contribution in [0.5, 0.6) is 0 Å². The second-order valence-electron chi connectivity index (χ2n) is 5.39. The van der Waals surface area contributed by atoms with Gasteiger partial charge in [0.2, 0.25) is 0 Å². The Balaban J connectivity index is 2.73. The minimum Gasteiger partial charge on any atom is -0.323 e. The number of hydrazine groups is 1. The van der Waals surface area contributed by atoms with Gasteiger partial charge < -0.3 is 5.43 Å². The lowest BCUT2D eigenvalue weighted by Gasteiger charge is -2.18. The molecule has 0 amide bonds. The second-order valence-corrected chi connectivity index (χ2v) is 5.39.